The van der Waals surface area contributed by atoms with Crippen molar-refractivity contribution in [2.24, 2.45) is 16.9 Å². The Kier molecular flexibility index (Phi) is 4.82. The highest BCUT2D eigenvalue weighted by atomic mass is 16.6. The third-order valence-electron chi connectivity index (χ3n) is 7.25. The van der Waals surface area contributed by atoms with E-state index < -0.39 is 40.7 Å². The summed E-state index contributed by atoms with van der Waals surface area (Å²) < 4.78 is 0. The molecular weight excluding hydrogens is 460 g/mol. The second-order valence-corrected chi connectivity index (χ2v) is 9.16. The van der Waals surface area contributed by atoms with Crippen LogP contribution in [0.3, 0.4) is 0 Å². The fraction of sp³-hybridized carbons (Fsp3) is 0.185. The quantitative estimate of drug-likeness (QED) is 0.244. The highest BCUT2D eigenvalue weighted by Crippen LogP contribution is 2.53. The minimum atomic E-state index is -0.966. The van der Waals surface area contributed by atoms with Gasteiger partial charge in [0, 0.05) is 17.7 Å². The molecule has 4 atom stereocenters. The van der Waals surface area contributed by atoms with Gasteiger partial charge in [-0.2, -0.15) is 5.10 Å². The Bertz CT molecular complexity index is 1480. The number of nitrogens with zero attached hydrogens (tertiary/aromatic N) is 4. The van der Waals surface area contributed by atoms with Crippen LogP contribution >= 0.6 is 0 Å². The fourth-order valence-electron chi connectivity index (χ4n) is 5.68. The average Bonchev–Trinajstić information content (AvgIpc) is 3.36. The zero-order chi connectivity index (χ0) is 25.1. The van der Waals surface area contributed by atoms with Gasteiger partial charge in [0.05, 0.1) is 34.7 Å². The zero-order valence-corrected chi connectivity index (χ0v) is 19.1. The Morgan fingerprint density at radius 1 is 0.944 bits per heavy atom. The van der Waals surface area contributed by atoms with Crippen molar-refractivity contribution in [3.63, 3.8) is 0 Å². The molecule has 6 rings (SSSR count). The van der Waals surface area contributed by atoms with Gasteiger partial charge in [0.15, 0.2) is 5.78 Å². The number of aryl methyl sites for hydroxylation is 1. The third kappa shape index (κ3) is 3.02. The average molecular weight is 480 g/mol. The molecule has 2 fully saturated rings. The number of carbonyl (C=O) groups excluding carboxylic acids is 3. The molecule has 0 unspecified atom stereocenters. The number of non-ortho nitro benzene ring substituents is 1. The molecule has 0 spiro atoms. The van der Waals surface area contributed by atoms with Crippen LogP contribution in [0.2, 0.25) is 0 Å². The third-order valence-corrected chi connectivity index (χ3v) is 7.25. The molecule has 3 aromatic carbocycles. The molecule has 0 radical (unpaired) electrons. The van der Waals surface area contributed by atoms with Crippen LogP contribution in [0.5, 0.6) is 0 Å². The summed E-state index contributed by atoms with van der Waals surface area (Å²) in [5.41, 5.74) is 2.67. The maximum absolute atomic E-state index is 13.9. The van der Waals surface area contributed by atoms with Crippen LogP contribution in [-0.4, -0.2) is 39.8 Å². The number of anilines is 1. The van der Waals surface area contributed by atoms with E-state index in [1.54, 1.807) is 48.5 Å². The number of benzene rings is 3. The molecular formula is C27H20N4O5. The molecule has 3 aliphatic rings. The Balaban J connectivity index is 1.49. The molecule has 36 heavy (non-hydrogen) atoms. The second-order valence-electron chi connectivity index (χ2n) is 9.16. The first kappa shape index (κ1) is 21.8. The van der Waals surface area contributed by atoms with E-state index in [2.05, 4.69) is 5.10 Å². The fourth-order valence-corrected chi connectivity index (χ4v) is 5.68. The normalized spacial score (nSPS) is 23.9. The summed E-state index contributed by atoms with van der Waals surface area (Å²) in [6.45, 7) is 1.62. The number of carbonyl (C=O) groups is 3. The van der Waals surface area contributed by atoms with Crippen LogP contribution in [0.25, 0.3) is 0 Å². The number of rotatable bonds is 4. The molecule has 2 saturated heterocycles. The van der Waals surface area contributed by atoms with Crippen molar-refractivity contribution in [3.05, 3.63) is 105 Å². The van der Waals surface area contributed by atoms with Crippen molar-refractivity contribution in [2.75, 3.05) is 4.90 Å². The van der Waals surface area contributed by atoms with Gasteiger partial charge in [0.25, 0.3) is 5.69 Å². The van der Waals surface area contributed by atoms with Crippen molar-refractivity contribution in [2.45, 2.75) is 19.0 Å². The molecule has 0 saturated carbocycles. The summed E-state index contributed by atoms with van der Waals surface area (Å²) in [6.07, 6.45) is 1.66. The number of nitro benzene ring substituents is 1. The van der Waals surface area contributed by atoms with Gasteiger partial charge in [-0.25, -0.2) is 4.90 Å². The van der Waals surface area contributed by atoms with E-state index >= 15 is 0 Å². The van der Waals surface area contributed by atoms with E-state index in [9.17, 15) is 24.5 Å². The van der Waals surface area contributed by atoms with Crippen LogP contribution in [-0.2, 0) is 9.59 Å². The molecule has 3 heterocycles. The zero-order valence-electron chi connectivity index (χ0n) is 19.1. The van der Waals surface area contributed by atoms with Crippen molar-refractivity contribution in [1.29, 1.82) is 0 Å². The Labute approximate surface area is 205 Å². The van der Waals surface area contributed by atoms with E-state index in [0.29, 0.717) is 11.1 Å². The highest BCUT2D eigenvalue weighted by Gasteiger charge is 2.65. The highest BCUT2D eigenvalue weighted by molar-refractivity contribution is 6.25. The molecule has 3 aromatic rings. The Morgan fingerprint density at radius 3 is 2.36 bits per heavy atom. The predicted octanol–water partition coefficient (Wildman–Crippen LogP) is 3.66. The number of hydrogen-bond acceptors (Lipinski definition) is 7. The van der Waals surface area contributed by atoms with Gasteiger partial charge in [-0.15, -0.1) is 0 Å². The van der Waals surface area contributed by atoms with Crippen LogP contribution in [0.1, 0.15) is 33.1 Å². The number of hydrazone groups is 1. The summed E-state index contributed by atoms with van der Waals surface area (Å²) in [7, 11) is 0. The topological polar surface area (TPSA) is 113 Å². The van der Waals surface area contributed by atoms with Gasteiger partial charge in [-0.3, -0.25) is 29.5 Å². The Morgan fingerprint density at radius 2 is 1.64 bits per heavy atom. The van der Waals surface area contributed by atoms with E-state index in [1.165, 1.54) is 18.2 Å². The summed E-state index contributed by atoms with van der Waals surface area (Å²) in [5.74, 6) is -3.00. The second kappa shape index (κ2) is 7.94. The largest absolute Gasteiger partial charge is 0.292 e. The van der Waals surface area contributed by atoms with Gasteiger partial charge in [-0.1, -0.05) is 54.6 Å². The molecule has 9 nitrogen and oxygen atoms in total. The van der Waals surface area contributed by atoms with Crippen molar-refractivity contribution in [1.82, 2.24) is 5.01 Å². The first-order valence-electron chi connectivity index (χ1n) is 11.5. The number of fused-ring (bicyclic) bond motifs is 5. The van der Waals surface area contributed by atoms with Gasteiger partial charge in [0.2, 0.25) is 11.8 Å². The molecule has 0 aromatic heterocycles. The van der Waals surface area contributed by atoms with Gasteiger partial charge in [-0.05, 0) is 29.7 Å². The number of imide groups is 1. The lowest BCUT2D eigenvalue weighted by Crippen LogP contribution is -2.44. The van der Waals surface area contributed by atoms with Crippen LogP contribution in [0, 0.1) is 28.9 Å². The van der Waals surface area contributed by atoms with Crippen LogP contribution < -0.4 is 4.90 Å². The molecule has 0 bridgehead atoms. The number of amides is 2. The number of hydrogen-bond donors (Lipinski definition) is 0. The molecule has 3 aliphatic heterocycles. The first-order chi connectivity index (χ1) is 17.4. The Hall–Kier alpha value is -4.66. The molecule has 9 heteroatoms. The van der Waals surface area contributed by atoms with Gasteiger partial charge in [0.1, 0.15) is 6.04 Å². The summed E-state index contributed by atoms with van der Waals surface area (Å²) in [6, 6.07) is 18.7. The lowest BCUT2D eigenvalue weighted by Gasteiger charge is -2.34. The number of Topliss-reactive ketones (excluding diaryl/α,β-unsaturated/α-hetero) is 1. The van der Waals surface area contributed by atoms with Crippen LogP contribution in [0.15, 0.2) is 77.9 Å². The summed E-state index contributed by atoms with van der Waals surface area (Å²) in [5, 5.41) is 17.4. The maximum atomic E-state index is 13.9. The standard InChI is InChI=1S/C27H20N4O5/c1-15-13-18(31(35)36)11-12-20(15)29-26(33)21-22(27(29)34)24(25(32)16-7-3-2-4-8-16)30-23(21)19-10-6-5-9-17(19)14-28-30/h2-14,21-24H,1H3/t21-,22+,23+,24+/m0/s1. The molecule has 0 N–H and O–H groups in total. The lowest BCUT2D eigenvalue weighted by atomic mass is 9.83. The van der Waals surface area contributed by atoms with E-state index in [-0.39, 0.29) is 17.2 Å². The summed E-state index contributed by atoms with van der Waals surface area (Å²) >= 11 is 0. The molecule has 2 amide bonds. The summed E-state index contributed by atoms with van der Waals surface area (Å²) in [4.78, 5) is 53.4. The SMILES string of the molecule is Cc1cc([N+](=O)[O-])ccc1N1C(=O)[C@@H]2[C@H](C1=O)[C@H]1c3ccccc3C=NN1[C@H]2C(=O)c1ccccc1. The molecule has 178 valence electrons. The maximum Gasteiger partial charge on any atom is 0.269 e. The minimum Gasteiger partial charge on any atom is -0.292 e. The van der Waals surface area contributed by atoms with Gasteiger partial charge >= 0.3 is 0 Å². The van der Waals surface area contributed by atoms with E-state index in [4.69, 9.17) is 0 Å². The van der Waals surface area contributed by atoms with E-state index in [1.807, 2.05) is 24.3 Å². The van der Waals surface area contributed by atoms with Crippen LogP contribution in [0.4, 0.5) is 11.4 Å². The monoisotopic (exact) mass is 480 g/mol. The van der Waals surface area contributed by atoms with Crippen molar-refractivity contribution in [3.8, 4) is 0 Å². The van der Waals surface area contributed by atoms with Gasteiger partial charge < -0.3 is 0 Å². The minimum absolute atomic E-state index is 0.130. The lowest BCUT2D eigenvalue weighted by molar-refractivity contribution is -0.384. The van der Waals surface area contributed by atoms with Crippen molar-refractivity contribution < 1.29 is 19.3 Å². The molecule has 0 aliphatic carbocycles. The van der Waals surface area contributed by atoms with Crippen molar-refractivity contribution >= 4 is 35.2 Å². The number of nitro groups is 1. The predicted molar refractivity (Wildman–Crippen MR) is 130 cm³/mol. The number of ketones is 1. The smallest absolute Gasteiger partial charge is 0.269 e. The van der Waals surface area contributed by atoms with E-state index in [0.717, 1.165) is 16.0 Å². The first-order valence-corrected chi connectivity index (χ1v) is 11.5.